The number of aliphatic hydroxyl groups excluding tert-OH is 1. The van der Waals surface area contributed by atoms with Crippen molar-refractivity contribution in [3.05, 3.63) is 53.6 Å². The number of hydrogen-bond acceptors (Lipinski definition) is 5. The van der Waals surface area contributed by atoms with E-state index in [-0.39, 0.29) is 24.7 Å². The minimum Gasteiger partial charge on any atom is -0.504 e. The second-order valence-electron chi connectivity index (χ2n) is 5.15. The molecule has 2 aromatic carbocycles. The van der Waals surface area contributed by atoms with Gasteiger partial charge in [0, 0.05) is 12.1 Å². The molecule has 0 amide bonds. The van der Waals surface area contributed by atoms with Gasteiger partial charge in [-0.05, 0) is 18.6 Å². The number of aliphatic hydroxyl groups is 1. The van der Waals surface area contributed by atoms with E-state index in [1.165, 1.54) is 12.1 Å². The Kier molecular flexibility index (Phi) is 4.35. The molecule has 0 radical (unpaired) electrons. The van der Waals surface area contributed by atoms with Crippen molar-refractivity contribution >= 4 is 0 Å². The highest BCUT2D eigenvalue weighted by Crippen LogP contribution is 2.37. The highest BCUT2D eigenvalue weighted by molar-refractivity contribution is 5.53. The van der Waals surface area contributed by atoms with Crippen LogP contribution in [0, 0.1) is 0 Å². The summed E-state index contributed by atoms with van der Waals surface area (Å²) in [7, 11) is 0. The number of nitrogens with one attached hydrogen (secondary N) is 1. The first-order valence-corrected chi connectivity index (χ1v) is 6.62. The van der Waals surface area contributed by atoms with E-state index in [2.05, 4.69) is 5.32 Å². The molecule has 1 atom stereocenters. The average Bonchev–Trinajstić information content (AvgIpc) is 2.52. The van der Waals surface area contributed by atoms with E-state index in [9.17, 15) is 20.4 Å². The third kappa shape index (κ3) is 3.09. The van der Waals surface area contributed by atoms with Gasteiger partial charge in [0.15, 0.2) is 11.5 Å². The molecule has 0 heterocycles. The number of phenolic OH excluding ortho intramolecular Hbond substituents is 3. The number of benzene rings is 2. The summed E-state index contributed by atoms with van der Waals surface area (Å²) in [6.07, 6.45) is 0. The van der Waals surface area contributed by atoms with Crippen molar-refractivity contribution in [3.63, 3.8) is 0 Å². The molecule has 2 aromatic rings. The lowest BCUT2D eigenvalue weighted by Gasteiger charge is -2.29. The Bertz CT molecular complexity index is 615. The summed E-state index contributed by atoms with van der Waals surface area (Å²) in [6.45, 7) is 1.95. The first-order chi connectivity index (χ1) is 9.98. The van der Waals surface area contributed by atoms with Crippen LogP contribution in [0.25, 0.3) is 0 Å². The second-order valence-corrected chi connectivity index (χ2v) is 5.15. The monoisotopic (exact) mass is 289 g/mol. The first kappa shape index (κ1) is 15.2. The normalized spacial score (nSPS) is 13.8. The maximum atomic E-state index is 9.81. The van der Waals surface area contributed by atoms with Gasteiger partial charge in [-0.1, -0.05) is 36.4 Å². The van der Waals surface area contributed by atoms with Gasteiger partial charge in [-0.2, -0.15) is 0 Å². The van der Waals surface area contributed by atoms with E-state index in [4.69, 9.17) is 0 Å². The number of phenols is 3. The van der Waals surface area contributed by atoms with Crippen LogP contribution in [0.4, 0.5) is 0 Å². The zero-order chi connectivity index (χ0) is 15.5. The van der Waals surface area contributed by atoms with Gasteiger partial charge in [0.05, 0.1) is 12.1 Å². The van der Waals surface area contributed by atoms with Gasteiger partial charge in [-0.15, -0.1) is 0 Å². The van der Waals surface area contributed by atoms with Crippen LogP contribution in [0.15, 0.2) is 42.5 Å². The van der Waals surface area contributed by atoms with Crippen LogP contribution in [0.1, 0.15) is 18.1 Å². The molecule has 5 heteroatoms. The van der Waals surface area contributed by atoms with Crippen LogP contribution < -0.4 is 5.32 Å². The van der Waals surface area contributed by atoms with Crippen molar-refractivity contribution in [1.82, 2.24) is 5.32 Å². The quantitative estimate of drug-likeness (QED) is 0.541. The van der Waals surface area contributed by atoms with Crippen LogP contribution >= 0.6 is 0 Å². The Morgan fingerprint density at radius 2 is 1.62 bits per heavy atom. The molecule has 0 aliphatic heterocycles. The molecule has 0 aliphatic rings. The lowest BCUT2D eigenvalue weighted by atomic mass is 9.92. The Morgan fingerprint density at radius 1 is 0.952 bits per heavy atom. The third-order valence-electron chi connectivity index (χ3n) is 3.61. The maximum absolute atomic E-state index is 9.81. The summed E-state index contributed by atoms with van der Waals surface area (Å²) in [4.78, 5) is 0. The summed E-state index contributed by atoms with van der Waals surface area (Å²) >= 11 is 0. The van der Waals surface area contributed by atoms with Gasteiger partial charge in [0.2, 0.25) is 5.75 Å². The van der Waals surface area contributed by atoms with E-state index < -0.39 is 11.3 Å². The number of rotatable bonds is 5. The zero-order valence-corrected chi connectivity index (χ0v) is 11.7. The van der Waals surface area contributed by atoms with Crippen molar-refractivity contribution in [2.45, 2.75) is 19.0 Å². The molecule has 0 saturated carbocycles. The molecule has 0 spiro atoms. The SMILES string of the molecule is CC(CO)(NCc1ccc(O)c(O)c1O)c1ccccc1. The smallest absolute Gasteiger partial charge is 0.200 e. The molecular formula is C16H19NO4. The van der Waals surface area contributed by atoms with Gasteiger partial charge < -0.3 is 25.7 Å². The Balaban J connectivity index is 2.20. The van der Waals surface area contributed by atoms with Crippen LogP contribution in [0.3, 0.4) is 0 Å². The lowest BCUT2D eigenvalue weighted by molar-refractivity contribution is 0.173. The molecule has 0 fully saturated rings. The highest BCUT2D eigenvalue weighted by atomic mass is 16.3. The molecule has 0 aliphatic carbocycles. The summed E-state index contributed by atoms with van der Waals surface area (Å²) in [5.41, 5.74) is 0.664. The third-order valence-corrected chi connectivity index (χ3v) is 3.61. The molecule has 21 heavy (non-hydrogen) atoms. The molecule has 0 saturated heterocycles. The molecule has 5 nitrogen and oxygen atoms in total. The van der Waals surface area contributed by atoms with Gasteiger partial charge in [-0.3, -0.25) is 0 Å². The van der Waals surface area contributed by atoms with Gasteiger partial charge in [0.1, 0.15) is 0 Å². The zero-order valence-electron chi connectivity index (χ0n) is 11.7. The van der Waals surface area contributed by atoms with Crippen molar-refractivity contribution < 1.29 is 20.4 Å². The summed E-state index contributed by atoms with van der Waals surface area (Å²) in [5, 5.41) is 41.5. The van der Waals surface area contributed by atoms with Gasteiger partial charge >= 0.3 is 0 Å². The van der Waals surface area contributed by atoms with Crippen LogP contribution in [0.2, 0.25) is 0 Å². The van der Waals surface area contributed by atoms with Gasteiger partial charge in [-0.25, -0.2) is 0 Å². The first-order valence-electron chi connectivity index (χ1n) is 6.62. The largest absolute Gasteiger partial charge is 0.504 e. The second kappa shape index (κ2) is 6.03. The summed E-state index contributed by atoms with van der Waals surface area (Å²) < 4.78 is 0. The predicted molar refractivity (Wildman–Crippen MR) is 79.2 cm³/mol. The van der Waals surface area contributed by atoms with Crippen molar-refractivity contribution in [2.24, 2.45) is 0 Å². The van der Waals surface area contributed by atoms with Crippen LogP contribution in [-0.4, -0.2) is 27.0 Å². The molecule has 2 rings (SSSR count). The van der Waals surface area contributed by atoms with Crippen molar-refractivity contribution in [3.8, 4) is 17.2 Å². The molecule has 1 unspecified atom stereocenters. The molecule has 112 valence electrons. The highest BCUT2D eigenvalue weighted by Gasteiger charge is 2.25. The molecule has 0 aromatic heterocycles. The Labute approximate surface area is 123 Å². The fraction of sp³-hybridized carbons (Fsp3) is 0.250. The molecule has 0 bridgehead atoms. The van der Waals surface area contributed by atoms with Crippen LogP contribution in [0.5, 0.6) is 17.2 Å². The minimum absolute atomic E-state index is 0.123. The van der Waals surface area contributed by atoms with E-state index in [1.807, 2.05) is 37.3 Å². The van der Waals surface area contributed by atoms with E-state index in [0.717, 1.165) is 5.56 Å². The minimum atomic E-state index is -0.679. The summed E-state index contributed by atoms with van der Waals surface area (Å²) in [5.74, 6) is -1.28. The Hall–Kier alpha value is -2.24. The van der Waals surface area contributed by atoms with Crippen molar-refractivity contribution in [2.75, 3.05) is 6.61 Å². The van der Waals surface area contributed by atoms with E-state index >= 15 is 0 Å². The average molecular weight is 289 g/mol. The standard InChI is InChI=1S/C16H19NO4/c1-16(10-18,12-5-3-2-4-6-12)17-9-11-7-8-13(19)15(21)14(11)20/h2-8,17-21H,9-10H2,1H3. The Morgan fingerprint density at radius 3 is 2.24 bits per heavy atom. The van der Waals surface area contributed by atoms with E-state index in [0.29, 0.717) is 5.56 Å². The van der Waals surface area contributed by atoms with E-state index in [1.54, 1.807) is 0 Å². The predicted octanol–water partition coefficient (Wildman–Crippen LogP) is 1.80. The maximum Gasteiger partial charge on any atom is 0.200 e. The van der Waals surface area contributed by atoms with Crippen LogP contribution in [-0.2, 0) is 12.1 Å². The topological polar surface area (TPSA) is 93.0 Å². The summed E-state index contributed by atoms with van der Waals surface area (Å²) in [6, 6.07) is 12.3. The van der Waals surface area contributed by atoms with Gasteiger partial charge in [0.25, 0.3) is 0 Å². The number of aromatic hydroxyl groups is 3. The number of hydrogen-bond donors (Lipinski definition) is 5. The fourth-order valence-electron chi connectivity index (χ4n) is 2.10. The fourth-order valence-corrected chi connectivity index (χ4v) is 2.10. The van der Waals surface area contributed by atoms with Crippen molar-refractivity contribution in [1.29, 1.82) is 0 Å². The lowest BCUT2D eigenvalue weighted by Crippen LogP contribution is -2.42. The molecular weight excluding hydrogens is 270 g/mol. The molecule has 5 N–H and O–H groups in total.